The van der Waals surface area contributed by atoms with E-state index < -0.39 is 33.9 Å². The molecule has 0 aliphatic carbocycles. The van der Waals surface area contributed by atoms with Gasteiger partial charge in [0, 0.05) is 19.6 Å². The van der Waals surface area contributed by atoms with E-state index in [1.54, 1.807) is 36.1 Å². The topological polar surface area (TPSA) is 249 Å². The smallest absolute Gasteiger partial charge is 0.243 e. The molecule has 0 saturated carbocycles. The molecule has 15 heteroatoms. The number of guanidine groups is 1. The lowest BCUT2D eigenvalue weighted by atomic mass is 10.0. The number of rotatable bonds is 16. The third-order valence-electron chi connectivity index (χ3n) is 6.38. The fourth-order valence-corrected chi connectivity index (χ4v) is 4.51. The molecular formula is C27H40N8O6S. The van der Waals surface area contributed by atoms with E-state index in [0.717, 1.165) is 11.1 Å². The van der Waals surface area contributed by atoms with Gasteiger partial charge in [0.15, 0.2) is 5.96 Å². The van der Waals surface area contributed by atoms with Crippen LogP contribution in [0.1, 0.15) is 30.9 Å². The average Bonchev–Trinajstić information content (AvgIpc) is 2.94. The Morgan fingerprint density at radius 1 is 1.00 bits per heavy atom. The largest absolute Gasteiger partial charge is 0.508 e. The lowest BCUT2D eigenvalue weighted by Gasteiger charge is -2.23. The second kappa shape index (κ2) is 16.3. The summed E-state index contributed by atoms with van der Waals surface area (Å²) in [5.74, 6) is -1.46. The predicted molar refractivity (Wildman–Crippen MR) is 158 cm³/mol. The molecule has 2 atom stereocenters. The summed E-state index contributed by atoms with van der Waals surface area (Å²) >= 11 is 0. The molecule has 0 aliphatic rings. The molecule has 0 aliphatic heterocycles. The minimum atomic E-state index is -3.80. The van der Waals surface area contributed by atoms with Gasteiger partial charge in [-0.25, -0.2) is 13.6 Å². The number of nitrogens with zero attached hydrogens (tertiary/aromatic N) is 2. The maximum atomic E-state index is 13.0. The third kappa shape index (κ3) is 11.7. The molecule has 0 bridgehead atoms. The Bertz CT molecular complexity index is 1330. The van der Waals surface area contributed by atoms with E-state index in [2.05, 4.69) is 15.6 Å². The molecule has 2 rings (SSSR count). The summed E-state index contributed by atoms with van der Waals surface area (Å²) in [6, 6.07) is 10.4. The minimum absolute atomic E-state index is 0.00126. The number of nitrogens with one attached hydrogen (secondary N) is 2. The van der Waals surface area contributed by atoms with Crippen molar-refractivity contribution in [1.29, 1.82) is 0 Å². The quantitative estimate of drug-likeness (QED) is 0.0679. The standard InChI is InChI=1S/C27H40N8O6S/c1-2-35(15-13-18-7-11-21(12-8-18)42(31,40)41)24(37)17-33-26(39)23(4-3-14-32-27(29)30)34-25(38)22(28)16-19-5-9-20(36)10-6-19/h5-12,22-23,36H,2-4,13-17,28H2,1H3,(H,33,39)(H,34,38)(H4,29,30,32)(H2,31,40,41)/t22-,23+/m0/s1. The van der Waals surface area contributed by atoms with E-state index in [-0.39, 0.29) is 48.4 Å². The number of carbonyl (C=O) groups is 3. The number of hydrogen-bond donors (Lipinski definition) is 7. The van der Waals surface area contributed by atoms with Gasteiger partial charge in [0.25, 0.3) is 0 Å². The molecule has 3 amide bonds. The third-order valence-corrected chi connectivity index (χ3v) is 7.31. The van der Waals surface area contributed by atoms with E-state index in [4.69, 9.17) is 22.3 Å². The molecule has 0 unspecified atom stereocenters. The highest BCUT2D eigenvalue weighted by molar-refractivity contribution is 7.89. The zero-order valence-electron chi connectivity index (χ0n) is 23.5. The second-order valence-corrected chi connectivity index (χ2v) is 11.2. The Morgan fingerprint density at radius 3 is 2.19 bits per heavy atom. The van der Waals surface area contributed by atoms with Gasteiger partial charge in [-0.3, -0.25) is 19.4 Å². The number of nitrogens with two attached hydrogens (primary N) is 4. The van der Waals surface area contributed by atoms with Crippen LogP contribution in [-0.2, 0) is 37.2 Å². The van der Waals surface area contributed by atoms with Crippen molar-refractivity contribution in [2.24, 2.45) is 27.3 Å². The number of hydrogen-bond acceptors (Lipinski definition) is 8. The molecule has 0 spiro atoms. The van der Waals surface area contributed by atoms with Gasteiger partial charge in [0.2, 0.25) is 27.7 Å². The van der Waals surface area contributed by atoms with Crippen LogP contribution in [0.25, 0.3) is 0 Å². The Hall–Kier alpha value is -4.21. The first-order chi connectivity index (χ1) is 19.8. The Kier molecular flexibility index (Phi) is 13.2. The molecule has 0 fully saturated rings. The average molecular weight is 605 g/mol. The molecule has 2 aromatic carbocycles. The minimum Gasteiger partial charge on any atom is -0.508 e. The van der Waals surface area contributed by atoms with E-state index >= 15 is 0 Å². The molecule has 230 valence electrons. The van der Waals surface area contributed by atoms with Crippen molar-refractivity contribution < 1.29 is 27.9 Å². The van der Waals surface area contributed by atoms with Crippen molar-refractivity contribution in [3.63, 3.8) is 0 Å². The summed E-state index contributed by atoms with van der Waals surface area (Å²) in [6.45, 7) is 2.46. The monoisotopic (exact) mass is 604 g/mol. The van der Waals surface area contributed by atoms with Gasteiger partial charge >= 0.3 is 0 Å². The number of phenolic OH excluding ortho intramolecular Hbond substituents is 1. The number of carbonyl (C=O) groups excluding carboxylic acids is 3. The Balaban J connectivity index is 1.97. The fraction of sp³-hybridized carbons (Fsp3) is 0.407. The molecule has 0 saturated heterocycles. The van der Waals surface area contributed by atoms with Crippen LogP contribution in [0.5, 0.6) is 5.75 Å². The highest BCUT2D eigenvalue weighted by Crippen LogP contribution is 2.12. The SMILES string of the molecule is CCN(CCc1ccc(S(N)(=O)=O)cc1)C(=O)CNC(=O)[C@@H](CCCN=C(N)N)NC(=O)[C@@H](N)Cc1ccc(O)cc1. The molecule has 42 heavy (non-hydrogen) atoms. The molecule has 2 aromatic rings. The summed E-state index contributed by atoms with van der Waals surface area (Å²) in [4.78, 5) is 44.1. The van der Waals surface area contributed by atoms with Crippen LogP contribution in [0.15, 0.2) is 58.4 Å². The molecule has 0 radical (unpaired) electrons. The zero-order chi connectivity index (χ0) is 31.3. The number of likely N-dealkylation sites (N-methyl/N-ethyl adjacent to an activating group) is 1. The summed E-state index contributed by atoms with van der Waals surface area (Å²) in [7, 11) is -3.80. The van der Waals surface area contributed by atoms with Crippen LogP contribution in [0.3, 0.4) is 0 Å². The van der Waals surface area contributed by atoms with E-state index in [1.165, 1.54) is 24.3 Å². The first-order valence-electron chi connectivity index (χ1n) is 13.4. The van der Waals surface area contributed by atoms with Gasteiger partial charge in [-0.1, -0.05) is 24.3 Å². The van der Waals surface area contributed by atoms with Crippen molar-refractivity contribution in [3.05, 3.63) is 59.7 Å². The lowest BCUT2D eigenvalue weighted by molar-refractivity contribution is -0.134. The fourth-order valence-electron chi connectivity index (χ4n) is 4.00. The van der Waals surface area contributed by atoms with Crippen molar-refractivity contribution in [3.8, 4) is 5.75 Å². The van der Waals surface area contributed by atoms with Crippen LogP contribution < -0.4 is 33.0 Å². The number of primary sulfonamides is 1. The van der Waals surface area contributed by atoms with Crippen molar-refractivity contribution >= 4 is 33.7 Å². The first-order valence-corrected chi connectivity index (χ1v) is 14.9. The maximum Gasteiger partial charge on any atom is 0.243 e. The normalized spacial score (nSPS) is 12.5. The Morgan fingerprint density at radius 2 is 1.62 bits per heavy atom. The lowest BCUT2D eigenvalue weighted by Crippen LogP contribution is -2.53. The summed E-state index contributed by atoms with van der Waals surface area (Å²) in [5.41, 5.74) is 18.3. The van der Waals surface area contributed by atoms with Crippen LogP contribution in [0.4, 0.5) is 0 Å². The molecule has 0 aromatic heterocycles. The summed E-state index contributed by atoms with van der Waals surface area (Å²) in [6.07, 6.45) is 1.22. The number of benzene rings is 2. The second-order valence-electron chi connectivity index (χ2n) is 9.62. The van der Waals surface area contributed by atoms with Crippen molar-refractivity contribution in [2.45, 2.75) is 49.6 Å². The zero-order valence-corrected chi connectivity index (χ0v) is 24.3. The van der Waals surface area contributed by atoms with Crippen LogP contribution in [0, 0.1) is 0 Å². The first kappa shape index (κ1) is 34.0. The highest BCUT2D eigenvalue weighted by Gasteiger charge is 2.25. The number of aromatic hydroxyl groups is 1. The van der Waals surface area contributed by atoms with Gasteiger partial charge < -0.3 is 37.8 Å². The summed E-state index contributed by atoms with van der Waals surface area (Å²) in [5, 5.41) is 19.8. The maximum absolute atomic E-state index is 13.0. The number of phenols is 1. The van der Waals surface area contributed by atoms with Crippen LogP contribution in [0.2, 0.25) is 0 Å². The molecule has 11 N–H and O–H groups in total. The van der Waals surface area contributed by atoms with Crippen LogP contribution >= 0.6 is 0 Å². The number of sulfonamides is 1. The van der Waals surface area contributed by atoms with E-state index in [1.807, 2.05) is 0 Å². The predicted octanol–water partition coefficient (Wildman–Crippen LogP) is -1.34. The number of aliphatic imine (C=N–C) groups is 1. The van der Waals surface area contributed by atoms with Gasteiger partial charge in [0.1, 0.15) is 11.8 Å². The van der Waals surface area contributed by atoms with E-state index in [0.29, 0.717) is 25.9 Å². The van der Waals surface area contributed by atoms with Crippen molar-refractivity contribution in [1.82, 2.24) is 15.5 Å². The molecule has 14 nitrogen and oxygen atoms in total. The van der Waals surface area contributed by atoms with Gasteiger partial charge in [-0.15, -0.1) is 0 Å². The van der Waals surface area contributed by atoms with Gasteiger partial charge in [-0.2, -0.15) is 0 Å². The van der Waals surface area contributed by atoms with Crippen LogP contribution in [-0.4, -0.2) is 80.4 Å². The molecule has 0 heterocycles. The summed E-state index contributed by atoms with van der Waals surface area (Å²) < 4.78 is 22.9. The molecular weight excluding hydrogens is 564 g/mol. The van der Waals surface area contributed by atoms with E-state index in [9.17, 15) is 27.9 Å². The highest BCUT2D eigenvalue weighted by atomic mass is 32.2. The number of amides is 3. The van der Waals surface area contributed by atoms with Crippen molar-refractivity contribution in [2.75, 3.05) is 26.2 Å². The Labute approximate surface area is 245 Å². The van der Waals surface area contributed by atoms with Gasteiger partial charge in [-0.05, 0) is 68.0 Å². The van der Waals surface area contributed by atoms with Gasteiger partial charge in [0.05, 0.1) is 17.5 Å².